The lowest BCUT2D eigenvalue weighted by molar-refractivity contribution is -0.141. The van der Waals surface area contributed by atoms with Crippen molar-refractivity contribution in [3.8, 4) is 28.7 Å². The number of rotatable bonds is 21. The predicted molar refractivity (Wildman–Crippen MR) is 236 cm³/mol. The molecule has 0 aliphatic carbocycles. The largest absolute Gasteiger partial charge is 0.493 e. The molecular formula is C47H55N5O12. The fourth-order valence-electron chi connectivity index (χ4n) is 7.70. The molecule has 0 N–H and O–H groups in total. The van der Waals surface area contributed by atoms with E-state index in [1.807, 2.05) is 36.1 Å². The molecule has 17 heteroatoms. The van der Waals surface area contributed by atoms with Crippen molar-refractivity contribution in [3.63, 3.8) is 0 Å². The summed E-state index contributed by atoms with van der Waals surface area (Å²) in [5.41, 5.74) is 5.32. The lowest BCUT2D eigenvalue weighted by Crippen LogP contribution is -2.35. The quantitative estimate of drug-likeness (QED) is 0.0692. The second kappa shape index (κ2) is 21.9. The third kappa shape index (κ3) is 11.1. The van der Waals surface area contributed by atoms with E-state index < -0.39 is 0 Å². The second-order valence-electron chi connectivity index (χ2n) is 15.3. The zero-order valence-electron chi connectivity index (χ0n) is 37.0. The summed E-state index contributed by atoms with van der Waals surface area (Å²) in [6.07, 6.45) is 9.43. The number of hydrogen-bond acceptors (Lipinski definition) is 15. The van der Waals surface area contributed by atoms with Crippen LogP contribution >= 0.6 is 0 Å². The molecule has 0 spiro atoms. The maximum atomic E-state index is 13.6. The molecule has 2 amide bonds. The van der Waals surface area contributed by atoms with Crippen LogP contribution < -0.4 is 23.7 Å². The van der Waals surface area contributed by atoms with Crippen LogP contribution in [0.5, 0.6) is 28.7 Å². The van der Waals surface area contributed by atoms with Gasteiger partial charge in [-0.1, -0.05) is 23.3 Å². The van der Waals surface area contributed by atoms with Gasteiger partial charge in [0.05, 0.1) is 113 Å². The molecule has 2 saturated heterocycles. The van der Waals surface area contributed by atoms with Crippen molar-refractivity contribution in [2.24, 2.45) is 9.98 Å². The number of aliphatic imine (C=N–C) groups is 2. The van der Waals surface area contributed by atoms with Crippen LogP contribution in [0.4, 0.5) is 11.4 Å². The molecule has 0 unspecified atom stereocenters. The normalized spacial score (nSPS) is 18.6. The first-order valence-electron chi connectivity index (χ1n) is 21.3. The van der Waals surface area contributed by atoms with Crippen LogP contribution in [-0.4, -0.2) is 138 Å². The first kappa shape index (κ1) is 45.7. The lowest BCUT2D eigenvalue weighted by Gasteiger charge is -2.20. The number of carbonyl (C=O) groups excluding carboxylic acids is 3. The van der Waals surface area contributed by atoms with E-state index in [0.29, 0.717) is 109 Å². The van der Waals surface area contributed by atoms with Crippen LogP contribution in [-0.2, 0) is 37.0 Å². The first-order valence-corrected chi connectivity index (χ1v) is 21.3. The van der Waals surface area contributed by atoms with Crippen molar-refractivity contribution in [1.29, 1.82) is 0 Å². The standard InChI is InChI=1S/C47H55N5O12/c1-6-30-16-34-24-48-39-22-43(41(56-3)20-37(39)46(54)51(34)26-30)63-28-32-18-36(62-15-14-61-13-12-60-11-10-59-9-8-45(53)58-5)19-33(50-32)29-64-44-23-40-38(21-42(44)57-4)47(55)52-27-31(7-2)17-35(52)25-49-40/h6-7,18-25,34-35H,8-17,26-29H2,1-5H3/t34-,35-/m0/s1. The fraction of sp³-hybridized carbons (Fsp3) is 0.447. The van der Waals surface area contributed by atoms with Crippen LogP contribution in [0.15, 0.2) is 69.7 Å². The molecular weight excluding hydrogens is 827 g/mol. The summed E-state index contributed by atoms with van der Waals surface area (Å²) < 4.78 is 51.4. The van der Waals surface area contributed by atoms with E-state index in [9.17, 15) is 14.4 Å². The lowest BCUT2D eigenvalue weighted by atomic mass is 10.1. The minimum atomic E-state index is -0.321. The van der Waals surface area contributed by atoms with Crippen molar-refractivity contribution in [1.82, 2.24) is 14.8 Å². The zero-order chi connectivity index (χ0) is 45.0. The number of pyridine rings is 1. The van der Waals surface area contributed by atoms with Crippen molar-refractivity contribution >= 4 is 41.6 Å². The van der Waals surface area contributed by atoms with E-state index in [0.717, 1.165) is 12.8 Å². The number of methoxy groups -OCH3 is 3. The SMILES string of the molecule is CC=C1C[C@H]2C=Nc3cc(OCc4cc(OCCOCCOCCOCCC(=O)OC)cc(COc5cc6c(cc5OC)C(=O)N5CC(=CC)C[C@H]5C=N6)n4)c(OC)cc3C(=O)N2C1. The van der Waals surface area contributed by atoms with Gasteiger partial charge in [0.25, 0.3) is 11.8 Å². The van der Waals surface area contributed by atoms with Gasteiger partial charge in [-0.15, -0.1) is 0 Å². The third-order valence-corrected chi connectivity index (χ3v) is 11.2. The van der Waals surface area contributed by atoms with Gasteiger partial charge in [-0.05, 0) is 38.8 Å². The van der Waals surface area contributed by atoms with Crippen LogP contribution in [0, 0.1) is 0 Å². The van der Waals surface area contributed by atoms with Crippen LogP contribution in [0.3, 0.4) is 0 Å². The molecule has 1 aromatic heterocycles. The number of allylic oxidation sites excluding steroid dienone is 2. The predicted octanol–water partition coefficient (Wildman–Crippen LogP) is 6.00. The van der Waals surface area contributed by atoms with Gasteiger partial charge in [-0.25, -0.2) is 0 Å². The highest BCUT2D eigenvalue weighted by Crippen LogP contribution is 2.41. The topological polar surface area (TPSA) is 178 Å². The maximum absolute atomic E-state index is 13.6. The molecule has 0 saturated carbocycles. The Hall–Kier alpha value is -6.30. The first-order chi connectivity index (χ1) is 31.2. The van der Waals surface area contributed by atoms with E-state index in [4.69, 9.17) is 52.9 Å². The Balaban J connectivity index is 1.03. The van der Waals surface area contributed by atoms with Gasteiger partial charge in [0, 0.05) is 49.8 Å². The number of carbonyl (C=O) groups is 3. The third-order valence-electron chi connectivity index (χ3n) is 11.2. The number of hydrogen-bond donors (Lipinski definition) is 0. The maximum Gasteiger partial charge on any atom is 0.307 e. The summed E-state index contributed by atoms with van der Waals surface area (Å²) in [6, 6.07) is 10.1. The van der Waals surface area contributed by atoms with Crippen molar-refractivity contribution in [3.05, 3.63) is 82.2 Å². The van der Waals surface area contributed by atoms with E-state index in [1.54, 1.807) is 36.4 Å². The fourth-order valence-corrected chi connectivity index (χ4v) is 7.70. The number of benzene rings is 2. The Morgan fingerprint density at radius 1 is 0.625 bits per heavy atom. The summed E-state index contributed by atoms with van der Waals surface area (Å²) >= 11 is 0. The van der Waals surface area contributed by atoms with Gasteiger partial charge in [0.2, 0.25) is 0 Å². The minimum absolute atomic E-state index is 0.0161. The van der Waals surface area contributed by atoms with Gasteiger partial charge < -0.3 is 52.4 Å². The van der Waals surface area contributed by atoms with Crippen molar-refractivity contribution in [2.75, 3.05) is 80.7 Å². The van der Waals surface area contributed by atoms with Crippen molar-refractivity contribution in [2.45, 2.75) is 58.4 Å². The number of esters is 1. The Morgan fingerprint density at radius 2 is 1.09 bits per heavy atom. The summed E-state index contributed by atoms with van der Waals surface area (Å²) in [4.78, 5) is 56.4. The Labute approximate surface area is 372 Å². The number of amides is 2. The highest BCUT2D eigenvalue weighted by molar-refractivity contribution is 6.04. The van der Waals surface area contributed by atoms with E-state index in [2.05, 4.69) is 16.9 Å². The zero-order valence-corrected chi connectivity index (χ0v) is 37.0. The molecule has 0 radical (unpaired) electrons. The van der Waals surface area contributed by atoms with Crippen LogP contribution in [0.1, 0.15) is 65.2 Å². The van der Waals surface area contributed by atoms with E-state index in [-0.39, 0.29) is 62.7 Å². The summed E-state index contributed by atoms with van der Waals surface area (Å²) in [7, 11) is 4.39. The molecule has 64 heavy (non-hydrogen) atoms. The number of ether oxygens (including phenoxy) is 9. The summed E-state index contributed by atoms with van der Waals surface area (Å²) in [5, 5.41) is 0. The molecule has 340 valence electrons. The Kier molecular flexibility index (Phi) is 15.6. The number of fused-ring (bicyclic) bond motifs is 4. The molecule has 17 nitrogen and oxygen atoms in total. The Bertz CT molecular complexity index is 2170. The average molecular weight is 882 g/mol. The number of aromatic nitrogens is 1. The molecule has 4 aliphatic rings. The van der Waals surface area contributed by atoms with Crippen LogP contribution in [0.25, 0.3) is 0 Å². The summed E-state index contributed by atoms with van der Waals surface area (Å²) in [6.45, 7) is 7.35. The molecule has 0 bridgehead atoms. The molecule has 3 aromatic rings. The minimum Gasteiger partial charge on any atom is -0.493 e. The molecule has 4 aliphatic heterocycles. The van der Waals surface area contributed by atoms with E-state index >= 15 is 0 Å². The van der Waals surface area contributed by atoms with Gasteiger partial charge in [0.1, 0.15) is 25.6 Å². The molecule has 2 fully saturated rings. The Morgan fingerprint density at radius 3 is 1.55 bits per heavy atom. The van der Waals surface area contributed by atoms with Gasteiger partial charge in [0.15, 0.2) is 23.0 Å². The summed E-state index contributed by atoms with van der Waals surface area (Å²) in [5.74, 6) is 1.51. The molecule has 5 heterocycles. The van der Waals surface area contributed by atoms with Gasteiger partial charge >= 0.3 is 5.97 Å². The van der Waals surface area contributed by atoms with Gasteiger partial charge in [-0.2, -0.15) is 0 Å². The smallest absolute Gasteiger partial charge is 0.307 e. The van der Waals surface area contributed by atoms with Crippen molar-refractivity contribution < 1.29 is 57.0 Å². The van der Waals surface area contributed by atoms with Gasteiger partial charge in [-0.3, -0.25) is 29.4 Å². The second-order valence-corrected chi connectivity index (χ2v) is 15.3. The van der Waals surface area contributed by atoms with Crippen LogP contribution in [0.2, 0.25) is 0 Å². The average Bonchev–Trinajstić information content (AvgIpc) is 3.89. The monoisotopic (exact) mass is 881 g/mol. The molecule has 2 atom stereocenters. The van der Waals surface area contributed by atoms with E-state index in [1.165, 1.54) is 32.5 Å². The molecule has 2 aromatic carbocycles. The molecule has 7 rings (SSSR count). The highest BCUT2D eigenvalue weighted by atomic mass is 16.6. The highest BCUT2D eigenvalue weighted by Gasteiger charge is 2.36. The number of nitrogens with zero attached hydrogens (tertiary/aromatic N) is 5.